The molecule has 17 heavy (non-hydrogen) atoms. The van der Waals surface area contributed by atoms with Crippen molar-refractivity contribution in [2.75, 3.05) is 26.7 Å². The van der Waals surface area contributed by atoms with Gasteiger partial charge in [-0.15, -0.1) is 0 Å². The van der Waals surface area contributed by atoms with E-state index >= 15 is 0 Å². The Bertz CT molecular complexity index is 299. The van der Waals surface area contributed by atoms with Crippen molar-refractivity contribution in [3.63, 3.8) is 0 Å². The Morgan fingerprint density at radius 2 is 2.41 bits per heavy atom. The minimum absolute atomic E-state index is 0.344. The summed E-state index contributed by atoms with van der Waals surface area (Å²) < 4.78 is 0. The highest BCUT2D eigenvalue weighted by atomic mass is 16.2. The summed E-state index contributed by atoms with van der Waals surface area (Å²) in [7, 11) is 1.98. The van der Waals surface area contributed by atoms with Crippen molar-refractivity contribution in [3.05, 3.63) is 11.6 Å². The maximum atomic E-state index is 12.1. The number of allylic oxidation sites excluding steroid dienone is 1. The fourth-order valence-corrected chi connectivity index (χ4v) is 2.89. The van der Waals surface area contributed by atoms with Crippen LogP contribution in [0, 0.1) is 5.92 Å². The van der Waals surface area contributed by atoms with Crippen molar-refractivity contribution >= 4 is 5.91 Å². The summed E-state index contributed by atoms with van der Waals surface area (Å²) in [5.41, 5.74) is 1.37. The number of carbonyl (C=O) groups is 1. The number of rotatable bonds is 4. The molecule has 1 fully saturated rings. The van der Waals surface area contributed by atoms with Gasteiger partial charge in [0, 0.05) is 19.5 Å². The van der Waals surface area contributed by atoms with Gasteiger partial charge in [-0.2, -0.15) is 0 Å². The molecule has 1 unspecified atom stereocenters. The van der Waals surface area contributed by atoms with Crippen LogP contribution in [0.1, 0.15) is 38.5 Å². The molecule has 1 saturated heterocycles. The first-order valence-electron chi connectivity index (χ1n) is 6.90. The summed E-state index contributed by atoms with van der Waals surface area (Å²) in [6, 6.07) is 0. The Morgan fingerprint density at radius 3 is 3.12 bits per heavy atom. The molecule has 3 nitrogen and oxygen atoms in total. The molecule has 0 aromatic rings. The third-order valence-corrected chi connectivity index (χ3v) is 3.89. The summed E-state index contributed by atoms with van der Waals surface area (Å²) in [5, 5.41) is 3.20. The lowest BCUT2D eigenvalue weighted by Gasteiger charge is -2.19. The molecule has 0 aromatic carbocycles. The molecule has 0 radical (unpaired) electrons. The number of nitrogens with one attached hydrogen (secondary N) is 1. The van der Waals surface area contributed by atoms with Crippen molar-refractivity contribution in [3.8, 4) is 0 Å². The van der Waals surface area contributed by atoms with E-state index in [1.54, 1.807) is 0 Å². The molecule has 1 amide bonds. The molecule has 1 N–H and O–H groups in total. The first kappa shape index (κ1) is 12.6. The zero-order valence-electron chi connectivity index (χ0n) is 10.9. The fraction of sp³-hybridized carbons (Fsp3) is 0.786. The molecule has 2 aliphatic rings. The van der Waals surface area contributed by atoms with Gasteiger partial charge >= 0.3 is 0 Å². The molecule has 0 spiro atoms. The third kappa shape index (κ3) is 3.56. The molecule has 1 aliphatic carbocycles. The van der Waals surface area contributed by atoms with E-state index in [-0.39, 0.29) is 0 Å². The number of nitrogens with zero attached hydrogens (tertiary/aromatic N) is 1. The van der Waals surface area contributed by atoms with E-state index in [1.165, 1.54) is 24.8 Å². The van der Waals surface area contributed by atoms with Crippen LogP contribution in [0.2, 0.25) is 0 Å². The lowest BCUT2D eigenvalue weighted by atomic mass is 9.97. The molecule has 96 valence electrons. The number of hydrogen-bond acceptors (Lipinski definition) is 2. The van der Waals surface area contributed by atoms with Gasteiger partial charge in [-0.05, 0) is 51.6 Å². The van der Waals surface area contributed by atoms with E-state index in [9.17, 15) is 4.79 Å². The summed E-state index contributed by atoms with van der Waals surface area (Å²) in [6.07, 6.45) is 8.98. The second kappa shape index (κ2) is 6.20. The fourth-order valence-electron chi connectivity index (χ4n) is 2.89. The summed E-state index contributed by atoms with van der Waals surface area (Å²) in [5.74, 6) is 1.00. The van der Waals surface area contributed by atoms with Crippen LogP contribution in [0.4, 0.5) is 0 Å². The number of hydrogen-bond donors (Lipinski definition) is 1. The largest absolute Gasteiger partial charge is 0.342 e. The smallest absolute Gasteiger partial charge is 0.226 e. The number of amides is 1. The van der Waals surface area contributed by atoms with Gasteiger partial charge in [-0.3, -0.25) is 4.79 Å². The van der Waals surface area contributed by atoms with Crippen molar-refractivity contribution in [2.24, 2.45) is 5.92 Å². The Kier molecular flexibility index (Phi) is 4.60. The molecule has 1 aliphatic heterocycles. The topological polar surface area (TPSA) is 32.3 Å². The second-order valence-corrected chi connectivity index (χ2v) is 5.34. The normalized spacial score (nSPS) is 24.9. The van der Waals surface area contributed by atoms with E-state index < -0.39 is 0 Å². The van der Waals surface area contributed by atoms with E-state index in [0.29, 0.717) is 18.2 Å². The zero-order chi connectivity index (χ0) is 12.1. The average molecular weight is 236 g/mol. The SMILES string of the molecule is CNCC1CCN(C(=O)CC2=CCCCC2)C1. The summed E-state index contributed by atoms with van der Waals surface area (Å²) >= 11 is 0. The van der Waals surface area contributed by atoms with Crippen molar-refractivity contribution < 1.29 is 4.79 Å². The van der Waals surface area contributed by atoms with Crippen molar-refractivity contribution in [1.82, 2.24) is 10.2 Å². The standard InChI is InChI=1S/C14H24N2O/c1-15-10-13-7-8-16(11-13)14(17)9-12-5-3-2-4-6-12/h5,13,15H,2-4,6-11H2,1H3. The maximum Gasteiger partial charge on any atom is 0.226 e. The number of carbonyl (C=O) groups excluding carboxylic acids is 1. The first-order chi connectivity index (χ1) is 8.29. The average Bonchev–Trinajstić information content (AvgIpc) is 2.79. The minimum atomic E-state index is 0.344. The van der Waals surface area contributed by atoms with Gasteiger partial charge in [0.15, 0.2) is 0 Å². The van der Waals surface area contributed by atoms with Crippen LogP contribution < -0.4 is 5.32 Å². The molecule has 1 heterocycles. The molecule has 2 rings (SSSR count). The van der Waals surface area contributed by atoms with E-state index in [1.807, 2.05) is 7.05 Å². The monoisotopic (exact) mass is 236 g/mol. The number of likely N-dealkylation sites (tertiary alicyclic amines) is 1. The second-order valence-electron chi connectivity index (χ2n) is 5.34. The molecule has 1 atom stereocenters. The van der Waals surface area contributed by atoms with Crippen LogP contribution in [0.5, 0.6) is 0 Å². The highest BCUT2D eigenvalue weighted by Crippen LogP contribution is 2.23. The first-order valence-corrected chi connectivity index (χ1v) is 6.90. The van der Waals surface area contributed by atoms with Gasteiger partial charge in [-0.1, -0.05) is 11.6 Å². The van der Waals surface area contributed by atoms with Crippen LogP contribution in [-0.2, 0) is 4.79 Å². The third-order valence-electron chi connectivity index (χ3n) is 3.89. The summed E-state index contributed by atoms with van der Waals surface area (Å²) in [4.78, 5) is 14.2. The Hall–Kier alpha value is -0.830. The molecule has 0 bridgehead atoms. The van der Waals surface area contributed by atoms with Crippen molar-refractivity contribution in [1.29, 1.82) is 0 Å². The van der Waals surface area contributed by atoms with Gasteiger partial charge in [0.1, 0.15) is 0 Å². The minimum Gasteiger partial charge on any atom is -0.342 e. The van der Waals surface area contributed by atoms with E-state index in [0.717, 1.165) is 32.5 Å². The Labute approximate surface area is 104 Å². The molecule has 0 saturated carbocycles. The molecule has 0 aromatic heterocycles. The maximum absolute atomic E-state index is 12.1. The highest BCUT2D eigenvalue weighted by Gasteiger charge is 2.25. The highest BCUT2D eigenvalue weighted by molar-refractivity contribution is 5.79. The lowest BCUT2D eigenvalue weighted by Crippen LogP contribution is -2.30. The lowest BCUT2D eigenvalue weighted by molar-refractivity contribution is -0.129. The molecular weight excluding hydrogens is 212 g/mol. The van der Waals surface area contributed by atoms with E-state index in [4.69, 9.17) is 0 Å². The van der Waals surface area contributed by atoms with E-state index in [2.05, 4.69) is 16.3 Å². The van der Waals surface area contributed by atoms with Crippen molar-refractivity contribution in [2.45, 2.75) is 38.5 Å². The van der Waals surface area contributed by atoms with Crippen LogP contribution in [0.15, 0.2) is 11.6 Å². The van der Waals surface area contributed by atoms with Crippen LogP contribution in [0.25, 0.3) is 0 Å². The van der Waals surface area contributed by atoms with Gasteiger partial charge in [0.05, 0.1) is 0 Å². The molecular formula is C14H24N2O. The van der Waals surface area contributed by atoms with Crippen LogP contribution in [-0.4, -0.2) is 37.5 Å². The quantitative estimate of drug-likeness (QED) is 0.757. The van der Waals surface area contributed by atoms with Gasteiger partial charge in [-0.25, -0.2) is 0 Å². The predicted octanol–water partition coefficient (Wildman–Crippen LogP) is 1.94. The van der Waals surface area contributed by atoms with Gasteiger partial charge in [0.25, 0.3) is 0 Å². The van der Waals surface area contributed by atoms with Crippen LogP contribution in [0.3, 0.4) is 0 Å². The van der Waals surface area contributed by atoms with Gasteiger partial charge < -0.3 is 10.2 Å². The van der Waals surface area contributed by atoms with Crippen LogP contribution >= 0.6 is 0 Å². The Morgan fingerprint density at radius 1 is 1.53 bits per heavy atom. The Balaban J connectivity index is 1.78. The van der Waals surface area contributed by atoms with Gasteiger partial charge in [0.2, 0.25) is 5.91 Å². The predicted molar refractivity (Wildman–Crippen MR) is 69.8 cm³/mol. The summed E-state index contributed by atoms with van der Waals surface area (Å²) in [6.45, 7) is 2.94. The zero-order valence-corrected chi connectivity index (χ0v) is 10.9. The molecule has 3 heteroatoms.